The van der Waals surface area contributed by atoms with Gasteiger partial charge in [0.15, 0.2) is 6.61 Å². The van der Waals surface area contributed by atoms with Crippen molar-refractivity contribution in [2.75, 3.05) is 19.0 Å². The van der Waals surface area contributed by atoms with Crippen LogP contribution in [0.15, 0.2) is 48.5 Å². The van der Waals surface area contributed by atoms with E-state index in [-0.39, 0.29) is 24.5 Å². The van der Waals surface area contributed by atoms with Crippen molar-refractivity contribution in [2.24, 2.45) is 0 Å². The van der Waals surface area contributed by atoms with E-state index in [0.29, 0.717) is 17.0 Å². The number of hydrogen-bond acceptors (Lipinski definition) is 4. The first kappa shape index (κ1) is 19.7. The van der Waals surface area contributed by atoms with Gasteiger partial charge in [-0.15, -0.1) is 0 Å². The Bertz CT molecular complexity index is 781. The lowest BCUT2D eigenvalue weighted by Gasteiger charge is -2.22. The summed E-state index contributed by atoms with van der Waals surface area (Å²) in [4.78, 5) is 24.3. The minimum Gasteiger partial charge on any atom is -0.497 e. The van der Waals surface area contributed by atoms with E-state index in [1.807, 2.05) is 0 Å². The number of carbonyl (C=O) groups excluding carboxylic acids is 2. The molecule has 1 aliphatic rings. The monoisotopic (exact) mass is 382 g/mol. The SMILES string of the molecule is COc1ccc(NC(=O)COc2ccc(C(=O)NC3CCCCC3)cc2)cc1. The molecule has 6 heteroatoms. The van der Waals surface area contributed by atoms with E-state index in [1.54, 1.807) is 55.6 Å². The van der Waals surface area contributed by atoms with E-state index in [0.717, 1.165) is 18.6 Å². The molecule has 0 unspecified atom stereocenters. The number of rotatable bonds is 7. The number of hydrogen-bond donors (Lipinski definition) is 2. The molecule has 148 valence electrons. The maximum absolute atomic E-state index is 12.3. The Morgan fingerprint density at radius 2 is 1.57 bits per heavy atom. The Morgan fingerprint density at radius 3 is 2.21 bits per heavy atom. The minimum absolute atomic E-state index is 0.0595. The molecule has 0 aromatic heterocycles. The summed E-state index contributed by atoms with van der Waals surface area (Å²) in [5.74, 6) is 0.945. The van der Waals surface area contributed by atoms with E-state index < -0.39 is 0 Å². The summed E-state index contributed by atoms with van der Waals surface area (Å²) in [6, 6.07) is 14.2. The van der Waals surface area contributed by atoms with Crippen LogP contribution in [-0.2, 0) is 4.79 Å². The molecule has 0 spiro atoms. The van der Waals surface area contributed by atoms with Gasteiger partial charge < -0.3 is 20.1 Å². The lowest BCUT2D eigenvalue weighted by molar-refractivity contribution is -0.118. The second kappa shape index (κ2) is 9.78. The van der Waals surface area contributed by atoms with E-state index >= 15 is 0 Å². The molecule has 3 rings (SSSR count). The van der Waals surface area contributed by atoms with Gasteiger partial charge in [0.2, 0.25) is 0 Å². The zero-order valence-corrected chi connectivity index (χ0v) is 16.1. The van der Waals surface area contributed by atoms with Gasteiger partial charge in [0.05, 0.1) is 7.11 Å². The van der Waals surface area contributed by atoms with E-state index in [9.17, 15) is 9.59 Å². The van der Waals surface area contributed by atoms with Crippen molar-refractivity contribution in [3.8, 4) is 11.5 Å². The van der Waals surface area contributed by atoms with Crippen molar-refractivity contribution in [3.05, 3.63) is 54.1 Å². The van der Waals surface area contributed by atoms with Crippen molar-refractivity contribution >= 4 is 17.5 Å². The molecule has 2 aromatic carbocycles. The van der Waals surface area contributed by atoms with Crippen LogP contribution in [-0.4, -0.2) is 31.6 Å². The van der Waals surface area contributed by atoms with Crippen LogP contribution in [0, 0.1) is 0 Å². The second-order valence-electron chi connectivity index (χ2n) is 6.90. The first-order valence-corrected chi connectivity index (χ1v) is 9.61. The fraction of sp³-hybridized carbons (Fsp3) is 0.364. The van der Waals surface area contributed by atoms with Crippen LogP contribution in [0.1, 0.15) is 42.5 Å². The molecule has 2 aromatic rings. The highest BCUT2D eigenvalue weighted by molar-refractivity contribution is 5.94. The van der Waals surface area contributed by atoms with Gasteiger partial charge in [-0.3, -0.25) is 9.59 Å². The number of nitrogens with one attached hydrogen (secondary N) is 2. The van der Waals surface area contributed by atoms with E-state index in [2.05, 4.69) is 10.6 Å². The number of methoxy groups -OCH3 is 1. The first-order valence-electron chi connectivity index (χ1n) is 9.61. The average Bonchev–Trinajstić information content (AvgIpc) is 2.74. The van der Waals surface area contributed by atoms with Gasteiger partial charge in [0.25, 0.3) is 11.8 Å². The Morgan fingerprint density at radius 1 is 0.929 bits per heavy atom. The number of anilines is 1. The molecule has 0 heterocycles. The maximum Gasteiger partial charge on any atom is 0.262 e. The highest BCUT2D eigenvalue weighted by Crippen LogP contribution is 2.19. The van der Waals surface area contributed by atoms with Gasteiger partial charge in [-0.2, -0.15) is 0 Å². The quantitative estimate of drug-likeness (QED) is 0.764. The number of carbonyl (C=O) groups is 2. The van der Waals surface area contributed by atoms with Gasteiger partial charge in [0, 0.05) is 17.3 Å². The second-order valence-corrected chi connectivity index (χ2v) is 6.90. The molecule has 1 fully saturated rings. The Labute approximate surface area is 165 Å². The molecule has 28 heavy (non-hydrogen) atoms. The number of benzene rings is 2. The lowest BCUT2D eigenvalue weighted by Crippen LogP contribution is -2.36. The average molecular weight is 382 g/mol. The van der Waals surface area contributed by atoms with Crippen LogP contribution in [0.2, 0.25) is 0 Å². The van der Waals surface area contributed by atoms with Crippen molar-refractivity contribution in [1.29, 1.82) is 0 Å². The molecule has 1 saturated carbocycles. The van der Waals surface area contributed by atoms with Crippen LogP contribution >= 0.6 is 0 Å². The van der Waals surface area contributed by atoms with Gasteiger partial charge in [-0.1, -0.05) is 19.3 Å². The third-order valence-corrected chi connectivity index (χ3v) is 4.80. The smallest absolute Gasteiger partial charge is 0.262 e. The molecule has 0 bridgehead atoms. The standard InChI is InChI=1S/C22H26N2O4/c1-27-19-13-9-18(10-14-19)23-21(25)15-28-20-11-7-16(8-12-20)22(26)24-17-5-3-2-4-6-17/h7-14,17H,2-6,15H2,1H3,(H,23,25)(H,24,26). The Hall–Kier alpha value is -3.02. The molecule has 0 atom stereocenters. The molecule has 1 aliphatic carbocycles. The van der Waals surface area contributed by atoms with Crippen LogP contribution < -0.4 is 20.1 Å². The Kier molecular flexibility index (Phi) is 6.89. The first-order chi connectivity index (χ1) is 13.6. The Balaban J connectivity index is 1.45. The third-order valence-electron chi connectivity index (χ3n) is 4.80. The van der Waals surface area contributed by atoms with Crippen LogP contribution in [0.5, 0.6) is 11.5 Å². The summed E-state index contributed by atoms with van der Waals surface area (Å²) in [7, 11) is 1.59. The predicted octanol–water partition coefficient (Wildman–Crippen LogP) is 3.78. The fourth-order valence-electron chi connectivity index (χ4n) is 3.24. The van der Waals surface area contributed by atoms with Crippen LogP contribution in [0.25, 0.3) is 0 Å². The molecular formula is C22H26N2O4. The predicted molar refractivity (Wildman–Crippen MR) is 108 cm³/mol. The summed E-state index contributed by atoms with van der Waals surface area (Å²) in [6.45, 7) is -0.111. The zero-order chi connectivity index (χ0) is 19.8. The van der Waals surface area contributed by atoms with Crippen molar-refractivity contribution in [1.82, 2.24) is 5.32 Å². The number of amides is 2. The largest absolute Gasteiger partial charge is 0.497 e. The topological polar surface area (TPSA) is 76.7 Å². The van der Waals surface area contributed by atoms with Gasteiger partial charge in [-0.05, 0) is 61.4 Å². The van der Waals surface area contributed by atoms with E-state index in [4.69, 9.17) is 9.47 Å². The summed E-state index contributed by atoms with van der Waals surface area (Å²) in [5.41, 5.74) is 1.27. The molecule has 2 amide bonds. The molecule has 0 aliphatic heterocycles. The van der Waals surface area contributed by atoms with Crippen molar-refractivity contribution in [3.63, 3.8) is 0 Å². The zero-order valence-electron chi connectivity index (χ0n) is 16.1. The summed E-state index contributed by atoms with van der Waals surface area (Å²) >= 11 is 0. The minimum atomic E-state index is -0.260. The normalized spacial score (nSPS) is 14.2. The van der Waals surface area contributed by atoms with E-state index in [1.165, 1.54) is 19.3 Å². The molecule has 2 N–H and O–H groups in total. The van der Waals surface area contributed by atoms with Crippen LogP contribution in [0.4, 0.5) is 5.69 Å². The molecule has 0 radical (unpaired) electrons. The highest BCUT2D eigenvalue weighted by Gasteiger charge is 2.16. The summed E-state index contributed by atoms with van der Waals surface area (Å²) < 4.78 is 10.6. The van der Waals surface area contributed by atoms with Gasteiger partial charge in [-0.25, -0.2) is 0 Å². The maximum atomic E-state index is 12.3. The lowest BCUT2D eigenvalue weighted by atomic mass is 9.95. The molecular weight excluding hydrogens is 356 g/mol. The summed E-state index contributed by atoms with van der Waals surface area (Å²) in [6.07, 6.45) is 5.71. The van der Waals surface area contributed by atoms with Gasteiger partial charge in [0.1, 0.15) is 11.5 Å². The molecule has 0 saturated heterocycles. The molecule has 6 nitrogen and oxygen atoms in total. The highest BCUT2D eigenvalue weighted by atomic mass is 16.5. The summed E-state index contributed by atoms with van der Waals surface area (Å²) in [5, 5.41) is 5.84. The van der Waals surface area contributed by atoms with Crippen LogP contribution in [0.3, 0.4) is 0 Å². The number of ether oxygens (including phenoxy) is 2. The third kappa shape index (κ3) is 5.74. The van der Waals surface area contributed by atoms with Crippen molar-refractivity contribution < 1.29 is 19.1 Å². The fourth-order valence-corrected chi connectivity index (χ4v) is 3.24. The van der Waals surface area contributed by atoms with Crippen molar-refractivity contribution in [2.45, 2.75) is 38.1 Å². The van der Waals surface area contributed by atoms with Gasteiger partial charge >= 0.3 is 0 Å².